The van der Waals surface area contributed by atoms with Gasteiger partial charge in [-0.2, -0.15) is 0 Å². The van der Waals surface area contributed by atoms with Crippen LogP contribution < -0.4 is 0 Å². The molecule has 1 aromatic heterocycles. The monoisotopic (exact) mass is 262 g/mol. The van der Waals surface area contributed by atoms with E-state index in [1.54, 1.807) is 31.2 Å². The summed E-state index contributed by atoms with van der Waals surface area (Å²) in [5.41, 5.74) is 0.942. The maximum Gasteiger partial charge on any atom is 0.327 e. The molecule has 0 fully saturated rings. The lowest BCUT2D eigenvalue weighted by molar-refractivity contribution is -0.144. The van der Waals surface area contributed by atoms with E-state index in [0.29, 0.717) is 18.9 Å². The Morgan fingerprint density at radius 1 is 1.37 bits per heavy atom. The van der Waals surface area contributed by atoms with E-state index in [9.17, 15) is 9.90 Å². The van der Waals surface area contributed by atoms with Gasteiger partial charge >= 0.3 is 5.97 Å². The first-order chi connectivity index (χ1) is 9.19. The second-order valence-electron chi connectivity index (χ2n) is 3.90. The minimum absolute atomic E-state index is 0.00570. The van der Waals surface area contributed by atoms with Crippen LogP contribution in [-0.2, 0) is 22.5 Å². The van der Waals surface area contributed by atoms with Gasteiger partial charge in [0.1, 0.15) is 12.3 Å². The fraction of sp³-hybridized carbons (Fsp3) is 0.333. The number of rotatable bonds is 5. The molecule has 1 heterocycles. The van der Waals surface area contributed by atoms with Crippen molar-refractivity contribution in [3.63, 3.8) is 0 Å². The maximum absolute atomic E-state index is 11.4. The Morgan fingerprint density at radius 2 is 2.11 bits per heavy atom. The minimum atomic E-state index is -0.373. The number of esters is 1. The molecule has 0 saturated heterocycles. The smallest absolute Gasteiger partial charge is 0.327 e. The van der Waals surface area contributed by atoms with Gasteiger partial charge in [0.15, 0.2) is 5.82 Å². The molecule has 0 unspecified atom stereocenters. The van der Waals surface area contributed by atoms with Gasteiger partial charge in [-0.15, -0.1) is 5.10 Å². The number of aromatic hydroxyl groups is 1. The lowest BCUT2D eigenvalue weighted by Gasteiger charge is -2.04. The van der Waals surface area contributed by atoms with E-state index in [4.69, 9.17) is 4.74 Å². The molecule has 0 atom stereocenters. The first-order valence-corrected chi connectivity index (χ1v) is 5.87. The van der Waals surface area contributed by atoms with Crippen LogP contribution in [-0.4, -0.2) is 37.9 Å². The van der Waals surface area contributed by atoms with Crippen molar-refractivity contribution in [1.29, 1.82) is 0 Å². The molecule has 0 aliphatic carbocycles. The number of carbonyl (C=O) groups is 1. The Bertz CT molecular complexity index is 550. The normalized spacial score (nSPS) is 10.4. The number of benzene rings is 1. The van der Waals surface area contributed by atoms with Gasteiger partial charge in [-0.3, -0.25) is 4.79 Å². The van der Waals surface area contributed by atoms with Crippen molar-refractivity contribution in [3.8, 4) is 5.75 Å². The number of ether oxygens (including phenoxy) is 1. The van der Waals surface area contributed by atoms with Gasteiger partial charge in [-0.05, 0) is 35.0 Å². The van der Waals surface area contributed by atoms with E-state index in [1.165, 1.54) is 4.68 Å². The quantitative estimate of drug-likeness (QED) is 0.790. The maximum atomic E-state index is 11.4. The summed E-state index contributed by atoms with van der Waals surface area (Å²) < 4.78 is 6.26. The second kappa shape index (κ2) is 5.94. The van der Waals surface area contributed by atoms with Crippen molar-refractivity contribution in [2.45, 2.75) is 19.9 Å². The van der Waals surface area contributed by atoms with Crippen LogP contribution in [0, 0.1) is 0 Å². The minimum Gasteiger partial charge on any atom is -0.508 e. The number of hydrogen-bond donors (Lipinski definition) is 1. The van der Waals surface area contributed by atoms with Gasteiger partial charge in [0.2, 0.25) is 0 Å². The van der Waals surface area contributed by atoms with Gasteiger partial charge in [0, 0.05) is 6.42 Å². The summed E-state index contributed by atoms with van der Waals surface area (Å²) in [6, 6.07) is 6.74. The topological polar surface area (TPSA) is 90.1 Å². The number of phenols is 1. The van der Waals surface area contributed by atoms with Crippen molar-refractivity contribution in [1.82, 2.24) is 20.2 Å². The predicted octanol–water partition coefficient (Wildman–Crippen LogP) is 0.533. The average Bonchev–Trinajstić information content (AvgIpc) is 2.80. The average molecular weight is 262 g/mol. The Labute approximate surface area is 109 Å². The molecule has 1 aromatic carbocycles. The second-order valence-corrected chi connectivity index (χ2v) is 3.90. The number of hydrogen-bond acceptors (Lipinski definition) is 6. The molecule has 0 amide bonds. The lowest BCUT2D eigenvalue weighted by Crippen LogP contribution is -2.17. The van der Waals surface area contributed by atoms with Crippen LogP contribution in [0.15, 0.2) is 24.3 Å². The molecule has 1 N–H and O–H groups in total. The zero-order valence-electron chi connectivity index (χ0n) is 10.5. The number of nitrogens with zero attached hydrogens (tertiary/aromatic N) is 4. The van der Waals surface area contributed by atoms with Crippen molar-refractivity contribution >= 4 is 5.97 Å². The van der Waals surface area contributed by atoms with E-state index in [-0.39, 0.29) is 18.3 Å². The third-order valence-electron chi connectivity index (χ3n) is 2.49. The SMILES string of the molecule is CCOC(=O)Cn1nnnc1Cc1ccc(O)cc1. The van der Waals surface area contributed by atoms with Crippen LogP contribution in [0.3, 0.4) is 0 Å². The molecule has 0 bridgehead atoms. The van der Waals surface area contributed by atoms with E-state index >= 15 is 0 Å². The fourth-order valence-corrected chi connectivity index (χ4v) is 1.60. The van der Waals surface area contributed by atoms with E-state index in [1.807, 2.05) is 0 Å². The number of carbonyl (C=O) groups excluding carboxylic acids is 1. The first-order valence-electron chi connectivity index (χ1n) is 5.87. The number of aromatic nitrogens is 4. The highest BCUT2D eigenvalue weighted by atomic mass is 16.5. The molecule has 100 valence electrons. The van der Waals surface area contributed by atoms with Crippen LogP contribution in [0.25, 0.3) is 0 Å². The third kappa shape index (κ3) is 3.51. The molecule has 7 heteroatoms. The fourth-order valence-electron chi connectivity index (χ4n) is 1.60. The van der Waals surface area contributed by atoms with Gasteiger partial charge < -0.3 is 9.84 Å². The summed E-state index contributed by atoms with van der Waals surface area (Å²) in [6.07, 6.45) is 0.479. The van der Waals surface area contributed by atoms with Crippen molar-refractivity contribution < 1.29 is 14.6 Å². The van der Waals surface area contributed by atoms with Crippen LogP contribution in [0.5, 0.6) is 5.75 Å². The molecule has 19 heavy (non-hydrogen) atoms. The number of phenolic OH excluding ortho intramolecular Hbond substituents is 1. The summed E-state index contributed by atoms with van der Waals surface area (Å²) in [4.78, 5) is 11.4. The van der Waals surface area contributed by atoms with Gasteiger partial charge in [-0.1, -0.05) is 12.1 Å². The molecular weight excluding hydrogens is 248 g/mol. The highest BCUT2D eigenvalue weighted by Gasteiger charge is 2.11. The van der Waals surface area contributed by atoms with E-state index in [0.717, 1.165) is 5.56 Å². The Kier molecular flexibility index (Phi) is 4.07. The molecule has 0 saturated carbocycles. The van der Waals surface area contributed by atoms with Crippen LogP contribution >= 0.6 is 0 Å². The molecule has 0 spiro atoms. The molecule has 7 nitrogen and oxygen atoms in total. The molecule has 2 aromatic rings. The molecule has 0 radical (unpaired) electrons. The van der Waals surface area contributed by atoms with Crippen molar-refractivity contribution in [2.24, 2.45) is 0 Å². The summed E-state index contributed by atoms with van der Waals surface area (Å²) in [5, 5.41) is 20.4. The van der Waals surface area contributed by atoms with Crippen LogP contribution in [0.2, 0.25) is 0 Å². The molecule has 2 rings (SSSR count). The highest BCUT2D eigenvalue weighted by molar-refractivity contribution is 5.69. The third-order valence-corrected chi connectivity index (χ3v) is 2.49. The van der Waals surface area contributed by atoms with Crippen molar-refractivity contribution in [2.75, 3.05) is 6.61 Å². The largest absolute Gasteiger partial charge is 0.508 e. The molecule has 0 aliphatic rings. The van der Waals surface area contributed by atoms with Crippen LogP contribution in [0.1, 0.15) is 18.3 Å². The van der Waals surface area contributed by atoms with Gasteiger partial charge in [-0.25, -0.2) is 4.68 Å². The zero-order valence-corrected chi connectivity index (χ0v) is 10.5. The number of tetrazole rings is 1. The van der Waals surface area contributed by atoms with Crippen molar-refractivity contribution in [3.05, 3.63) is 35.7 Å². The van der Waals surface area contributed by atoms with Gasteiger partial charge in [0.05, 0.1) is 6.61 Å². The summed E-state index contributed by atoms with van der Waals surface area (Å²) in [5.74, 6) is 0.398. The summed E-state index contributed by atoms with van der Waals surface area (Å²) in [6.45, 7) is 2.07. The molecule has 0 aliphatic heterocycles. The highest BCUT2D eigenvalue weighted by Crippen LogP contribution is 2.12. The Balaban J connectivity index is 2.07. The summed E-state index contributed by atoms with van der Waals surface area (Å²) in [7, 11) is 0. The lowest BCUT2D eigenvalue weighted by atomic mass is 10.1. The van der Waals surface area contributed by atoms with E-state index < -0.39 is 0 Å². The van der Waals surface area contributed by atoms with E-state index in [2.05, 4.69) is 15.5 Å². The standard InChI is InChI=1S/C12H14N4O3/c1-2-19-12(18)8-16-11(13-14-15-16)7-9-3-5-10(17)6-4-9/h3-6,17H,2,7-8H2,1H3. The predicted molar refractivity (Wildman–Crippen MR) is 65.4 cm³/mol. The van der Waals surface area contributed by atoms with Gasteiger partial charge in [0.25, 0.3) is 0 Å². The Hall–Kier alpha value is -2.44. The summed E-state index contributed by atoms with van der Waals surface area (Å²) >= 11 is 0. The molecular formula is C12H14N4O3. The first kappa shape index (κ1) is 13.0. The zero-order chi connectivity index (χ0) is 13.7. The Morgan fingerprint density at radius 3 is 2.79 bits per heavy atom. The van der Waals surface area contributed by atoms with Crippen LogP contribution in [0.4, 0.5) is 0 Å².